The zero-order valence-corrected chi connectivity index (χ0v) is 15.0. The molecular formula is C15H17ClN4O6. The molecule has 0 aliphatic carbocycles. The third-order valence-electron chi connectivity index (χ3n) is 3.81. The van der Waals surface area contributed by atoms with E-state index in [1.165, 1.54) is 33.6 Å². The van der Waals surface area contributed by atoms with Gasteiger partial charge in [-0.2, -0.15) is 0 Å². The van der Waals surface area contributed by atoms with Crippen LogP contribution in [-0.2, 0) is 28.5 Å². The van der Waals surface area contributed by atoms with Crippen LogP contribution in [-0.4, -0.2) is 63.5 Å². The summed E-state index contributed by atoms with van der Waals surface area (Å²) >= 11 is 6.03. The number of esters is 2. The van der Waals surface area contributed by atoms with Crippen molar-refractivity contribution in [3.8, 4) is 0 Å². The highest BCUT2D eigenvalue weighted by atomic mass is 35.5. The predicted molar refractivity (Wildman–Crippen MR) is 87.2 cm³/mol. The summed E-state index contributed by atoms with van der Waals surface area (Å²) in [6.45, 7) is 2.66. The molecule has 0 aromatic carbocycles. The van der Waals surface area contributed by atoms with Gasteiger partial charge in [0.05, 0.1) is 12.9 Å². The number of aromatic nitrogens is 4. The second kappa shape index (κ2) is 7.52. The summed E-state index contributed by atoms with van der Waals surface area (Å²) in [7, 11) is 1.49. The highest BCUT2D eigenvalue weighted by Crippen LogP contribution is 2.36. The lowest BCUT2D eigenvalue weighted by molar-refractivity contribution is -0.165. The predicted octanol–water partition coefficient (Wildman–Crippen LogP) is 0.887. The maximum absolute atomic E-state index is 11.6. The summed E-state index contributed by atoms with van der Waals surface area (Å²) in [6.07, 6.45) is -0.507. The molecule has 1 saturated heterocycles. The molecule has 0 amide bonds. The molecule has 4 atom stereocenters. The van der Waals surface area contributed by atoms with E-state index in [9.17, 15) is 9.59 Å². The van der Waals surface area contributed by atoms with E-state index in [1.54, 1.807) is 4.57 Å². The van der Waals surface area contributed by atoms with Crippen molar-refractivity contribution in [3.05, 3.63) is 17.8 Å². The van der Waals surface area contributed by atoms with Gasteiger partial charge in [-0.25, -0.2) is 15.0 Å². The summed E-state index contributed by atoms with van der Waals surface area (Å²) in [5.74, 6) is -1.07. The molecule has 0 spiro atoms. The molecule has 0 saturated carbocycles. The van der Waals surface area contributed by atoms with E-state index in [0.717, 1.165) is 0 Å². The van der Waals surface area contributed by atoms with Crippen molar-refractivity contribution in [2.24, 2.45) is 0 Å². The minimum absolute atomic E-state index is 0.134. The summed E-state index contributed by atoms with van der Waals surface area (Å²) < 4.78 is 23.4. The van der Waals surface area contributed by atoms with Gasteiger partial charge in [0.25, 0.3) is 0 Å². The van der Waals surface area contributed by atoms with Crippen molar-refractivity contribution in [2.75, 3.05) is 13.7 Å². The topological polar surface area (TPSA) is 115 Å². The Labute approximate surface area is 153 Å². The Kier molecular flexibility index (Phi) is 5.35. The minimum atomic E-state index is -0.914. The normalized spacial score (nSPS) is 25.4. The first-order chi connectivity index (χ1) is 12.4. The summed E-state index contributed by atoms with van der Waals surface area (Å²) in [5, 5.41) is 0.181. The molecule has 2 aromatic rings. The second-order valence-electron chi connectivity index (χ2n) is 5.66. The molecule has 0 N–H and O–H groups in total. The number of rotatable bonds is 5. The number of hydrogen-bond donors (Lipinski definition) is 0. The molecule has 1 aliphatic rings. The van der Waals surface area contributed by atoms with Crippen LogP contribution in [0.15, 0.2) is 12.7 Å². The monoisotopic (exact) mass is 384 g/mol. The Bertz CT molecular complexity index is 828. The lowest BCUT2D eigenvalue weighted by Crippen LogP contribution is -2.40. The van der Waals surface area contributed by atoms with Gasteiger partial charge in [-0.3, -0.25) is 14.2 Å². The van der Waals surface area contributed by atoms with Gasteiger partial charge in [0.2, 0.25) is 0 Å². The fourth-order valence-corrected chi connectivity index (χ4v) is 3.07. The first kappa shape index (κ1) is 18.5. The average molecular weight is 385 g/mol. The van der Waals surface area contributed by atoms with Gasteiger partial charge in [-0.15, -0.1) is 0 Å². The lowest BCUT2D eigenvalue weighted by atomic mass is 10.1. The van der Waals surface area contributed by atoms with Gasteiger partial charge >= 0.3 is 11.9 Å². The number of methoxy groups -OCH3 is 1. The van der Waals surface area contributed by atoms with Crippen LogP contribution in [0.1, 0.15) is 20.1 Å². The SMILES string of the molecule is COC[C@H]1O[C@@H](n2cnc3c(Cl)ncnc32)[C@H](OC(C)=O)[C@@H]1OC(C)=O. The molecule has 26 heavy (non-hydrogen) atoms. The number of hydrogen-bond acceptors (Lipinski definition) is 9. The van der Waals surface area contributed by atoms with Crippen LogP contribution in [0.25, 0.3) is 11.2 Å². The molecule has 0 unspecified atom stereocenters. The van der Waals surface area contributed by atoms with Crippen LogP contribution in [0.4, 0.5) is 0 Å². The quantitative estimate of drug-likeness (QED) is 0.547. The Morgan fingerprint density at radius 1 is 1.19 bits per heavy atom. The standard InChI is InChI=1S/C15H17ClN4O6/c1-7(21)24-11-9(4-23-3)26-15(12(11)25-8(2)22)20-6-19-10-13(16)17-5-18-14(10)20/h5-6,9,11-12,15H,4H2,1-3H3/t9-,11-,12-,15-/m1/s1. The van der Waals surface area contributed by atoms with E-state index >= 15 is 0 Å². The van der Waals surface area contributed by atoms with Gasteiger partial charge in [0, 0.05) is 21.0 Å². The van der Waals surface area contributed by atoms with E-state index in [4.69, 9.17) is 30.5 Å². The number of ether oxygens (including phenoxy) is 4. The van der Waals surface area contributed by atoms with Crippen LogP contribution in [0, 0.1) is 0 Å². The van der Waals surface area contributed by atoms with Crippen LogP contribution in [0.2, 0.25) is 5.15 Å². The molecule has 11 heteroatoms. The van der Waals surface area contributed by atoms with Gasteiger partial charge < -0.3 is 18.9 Å². The van der Waals surface area contributed by atoms with Crippen molar-refractivity contribution in [1.29, 1.82) is 0 Å². The number of halogens is 1. The molecule has 3 heterocycles. The Hall–Kier alpha value is -2.30. The van der Waals surface area contributed by atoms with Gasteiger partial charge in [0.1, 0.15) is 17.9 Å². The molecule has 0 bridgehead atoms. The maximum atomic E-state index is 11.6. The molecule has 0 radical (unpaired) electrons. The van der Waals surface area contributed by atoms with E-state index in [1.807, 2.05) is 0 Å². The number of nitrogens with zero attached hydrogens (tertiary/aromatic N) is 4. The summed E-state index contributed by atoms with van der Waals surface area (Å²) in [4.78, 5) is 35.3. The fraction of sp³-hybridized carbons (Fsp3) is 0.533. The number of fused-ring (bicyclic) bond motifs is 1. The Balaban J connectivity index is 2.03. The van der Waals surface area contributed by atoms with Crippen LogP contribution < -0.4 is 0 Å². The maximum Gasteiger partial charge on any atom is 0.303 e. The van der Waals surface area contributed by atoms with Crippen molar-refractivity contribution < 1.29 is 28.5 Å². The first-order valence-electron chi connectivity index (χ1n) is 7.74. The van der Waals surface area contributed by atoms with E-state index in [-0.39, 0.29) is 11.8 Å². The van der Waals surface area contributed by atoms with E-state index in [2.05, 4.69) is 15.0 Å². The highest BCUT2D eigenvalue weighted by molar-refractivity contribution is 6.33. The molecule has 3 rings (SSSR count). The van der Waals surface area contributed by atoms with Crippen molar-refractivity contribution in [3.63, 3.8) is 0 Å². The van der Waals surface area contributed by atoms with Gasteiger partial charge in [0.15, 0.2) is 29.2 Å². The van der Waals surface area contributed by atoms with Crippen LogP contribution in [0.3, 0.4) is 0 Å². The van der Waals surface area contributed by atoms with Crippen molar-refractivity contribution >= 4 is 34.7 Å². The van der Waals surface area contributed by atoms with Gasteiger partial charge in [-0.1, -0.05) is 11.6 Å². The minimum Gasteiger partial charge on any atom is -0.456 e. The van der Waals surface area contributed by atoms with Gasteiger partial charge in [-0.05, 0) is 0 Å². The largest absolute Gasteiger partial charge is 0.456 e. The zero-order valence-electron chi connectivity index (χ0n) is 14.3. The first-order valence-corrected chi connectivity index (χ1v) is 8.12. The fourth-order valence-electron chi connectivity index (χ4n) is 2.89. The summed E-state index contributed by atoms with van der Waals surface area (Å²) in [5.41, 5.74) is 0.769. The molecule has 1 aliphatic heterocycles. The molecular weight excluding hydrogens is 368 g/mol. The smallest absolute Gasteiger partial charge is 0.303 e. The second-order valence-corrected chi connectivity index (χ2v) is 6.02. The summed E-state index contributed by atoms with van der Waals surface area (Å²) in [6, 6.07) is 0. The van der Waals surface area contributed by atoms with Crippen LogP contribution in [0.5, 0.6) is 0 Å². The molecule has 2 aromatic heterocycles. The number of imidazole rings is 1. The van der Waals surface area contributed by atoms with E-state index in [0.29, 0.717) is 11.2 Å². The number of carbonyl (C=O) groups is 2. The average Bonchev–Trinajstić information content (AvgIpc) is 3.12. The zero-order chi connectivity index (χ0) is 18.8. The van der Waals surface area contributed by atoms with E-state index < -0.39 is 36.5 Å². The van der Waals surface area contributed by atoms with Crippen LogP contribution >= 0.6 is 11.6 Å². The molecule has 10 nitrogen and oxygen atoms in total. The van der Waals surface area contributed by atoms with Crippen molar-refractivity contribution in [2.45, 2.75) is 38.4 Å². The third-order valence-corrected chi connectivity index (χ3v) is 4.09. The Morgan fingerprint density at radius 3 is 2.54 bits per heavy atom. The molecule has 140 valence electrons. The highest BCUT2D eigenvalue weighted by Gasteiger charge is 2.50. The van der Waals surface area contributed by atoms with Crippen molar-refractivity contribution in [1.82, 2.24) is 19.5 Å². The Morgan fingerprint density at radius 2 is 1.88 bits per heavy atom. The number of carbonyl (C=O) groups excluding carboxylic acids is 2. The third kappa shape index (κ3) is 3.48. The molecule has 1 fully saturated rings. The lowest BCUT2D eigenvalue weighted by Gasteiger charge is -2.23.